The molecule has 0 radical (unpaired) electrons. The van der Waals surface area contributed by atoms with E-state index < -0.39 is 0 Å². The molecule has 0 amide bonds. The van der Waals surface area contributed by atoms with E-state index in [1.54, 1.807) is 0 Å². The van der Waals surface area contributed by atoms with E-state index in [-0.39, 0.29) is 17.5 Å². The summed E-state index contributed by atoms with van der Waals surface area (Å²) in [6.07, 6.45) is 1.49. The van der Waals surface area contributed by atoms with Gasteiger partial charge in [-0.05, 0) is 35.7 Å². The van der Waals surface area contributed by atoms with Gasteiger partial charge < -0.3 is 5.11 Å². The zero-order valence-corrected chi connectivity index (χ0v) is 11.0. The highest BCUT2D eigenvalue weighted by Crippen LogP contribution is 2.29. The molecular weight excluding hydrogens is 241 g/mol. The summed E-state index contributed by atoms with van der Waals surface area (Å²) in [5.41, 5.74) is 1.75. The minimum absolute atomic E-state index is 0.0552. The van der Waals surface area contributed by atoms with E-state index in [0.717, 1.165) is 5.69 Å². The second kappa shape index (κ2) is 5.65. The van der Waals surface area contributed by atoms with Crippen LogP contribution in [0.3, 0.4) is 0 Å². The average molecular weight is 257 g/mol. The number of aliphatic imine (C=N–C) groups is 1. The van der Waals surface area contributed by atoms with Crippen molar-refractivity contribution in [3.05, 3.63) is 59.4 Å². The second-order valence-corrected chi connectivity index (χ2v) is 4.68. The van der Waals surface area contributed by atoms with Gasteiger partial charge in [-0.3, -0.25) is 4.99 Å². The van der Waals surface area contributed by atoms with Crippen molar-refractivity contribution in [2.45, 2.75) is 19.8 Å². The number of nitrogens with zero attached hydrogens (tertiary/aromatic N) is 1. The molecule has 0 unspecified atom stereocenters. The van der Waals surface area contributed by atoms with E-state index >= 15 is 0 Å². The minimum atomic E-state index is -0.365. The zero-order chi connectivity index (χ0) is 13.8. The molecule has 3 heteroatoms. The van der Waals surface area contributed by atoms with Crippen LogP contribution in [0.5, 0.6) is 5.75 Å². The first-order chi connectivity index (χ1) is 9.08. The molecular formula is C16H16FNO. The largest absolute Gasteiger partial charge is 0.507 e. The van der Waals surface area contributed by atoms with Crippen molar-refractivity contribution in [3.8, 4) is 5.75 Å². The van der Waals surface area contributed by atoms with Gasteiger partial charge in [0.25, 0.3) is 0 Å². The van der Waals surface area contributed by atoms with E-state index in [4.69, 9.17) is 0 Å². The van der Waals surface area contributed by atoms with E-state index in [2.05, 4.69) is 4.99 Å². The maximum absolute atomic E-state index is 13.5. The highest BCUT2D eigenvalue weighted by Gasteiger charge is 2.11. The molecule has 0 aliphatic heterocycles. The summed E-state index contributed by atoms with van der Waals surface area (Å²) in [7, 11) is 0. The molecule has 2 aromatic carbocycles. The predicted octanol–water partition coefficient (Wildman–Crippen LogP) is 4.41. The summed E-state index contributed by atoms with van der Waals surface area (Å²) >= 11 is 0. The van der Waals surface area contributed by atoms with E-state index in [1.807, 2.05) is 44.2 Å². The smallest absolute Gasteiger partial charge is 0.128 e. The van der Waals surface area contributed by atoms with Crippen molar-refractivity contribution in [1.82, 2.24) is 0 Å². The molecule has 2 aromatic rings. The fourth-order valence-corrected chi connectivity index (χ4v) is 1.84. The SMILES string of the molecule is CC(C)c1cc(F)cc(C=Nc2ccccc2)c1O. The van der Waals surface area contributed by atoms with Crippen LogP contribution in [0.25, 0.3) is 0 Å². The molecule has 19 heavy (non-hydrogen) atoms. The van der Waals surface area contributed by atoms with Crippen molar-refractivity contribution in [2.75, 3.05) is 0 Å². The lowest BCUT2D eigenvalue weighted by Gasteiger charge is -2.10. The maximum atomic E-state index is 13.5. The van der Waals surface area contributed by atoms with Crippen LogP contribution >= 0.6 is 0 Å². The van der Waals surface area contributed by atoms with E-state index in [0.29, 0.717) is 11.1 Å². The lowest BCUT2D eigenvalue weighted by atomic mass is 9.99. The summed E-state index contributed by atoms with van der Waals surface area (Å²) in [5.74, 6) is -0.216. The Morgan fingerprint density at radius 3 is 2.47 bits per heavy atom. The normalized spacial score (nSPS) is 11.4. The number of phenolic OH excluding ortho intramolecular Hbond substituents is 1. The molecule has 0 atom stereocenters. The van der Waals surface area contributed by atoms with Gasteiger partial charge >= 0.3 is 0 Å². The third kappa shape index (κ3) is 3.19. The van der Waals surface area contributed by atoms with Crippen LogP contribution in [-0.4, -0.2) is 11.3 Å². The molecule has 0 bridgehead atoms. The Morgan fingerprint density at radius 1 is 1.16 bits per heavy atom. The van der Waals surface area contributed by atoms with Crippen LogP contribution in [-0.2, 0) is 0 Å². The quantitative estimate of drug-likeness (QED) is 0.812. The summed E-state index contributed by atoms with van der Waals surface area (Å²) < 4.78 is 13.5. The summed E-state index contributed by atoms with van der Waals surface area (Å²) in [4.78, 5) is 4.23. The number of benzene rings is 2. The number of halogens is 1. The van der Waals surface area contributed by atoms with Crippen molar-refractivity contribution >= 4 is 11.9 Å². The van der Waals surface area contributed by atoms with Crippen molar-refractivity contribution in [3.63, 3.8) is 0 Å². The first-order valence-corrected chi connectivity index (χ1v) is 6.19. The molecule has 0 saturated heterocycles. The number of aromatic hydroxyl groups is 1. The fraction of sp³-hybridized carbons (Fsp3) is 0.188. The van der Waals surface area contributed by atoms with Crippen molar-refractivity contribution in [1.29, 1.82) is 0 Å². The summed E-state index contributed by atoms with van der Waals surface area (Å²) in [5, 5.41) is 10.1. The Kier molecular flexibility index (Phi) is 3.95. The first-order valence-electron chi connectivity index (χ1n) is 6.19. The molecule has 98 valence electrons. The third-order valence-electron chi connectivity index (χ3n) is 2.86. The van der Waals surface area contributed by atoms with Gasteiger partial charge in [0.2, 0.25) is 0 Å². The van der Waals surface area contributed by atoms with Crippen LogP contribution < -0.4 is 0 Å². The van der Waals surface area contributed by atoms with Crippen LogP contribution in [0.15, 0.2) is 47.5 Å². The summed E-state index contributed by atoms with van der Waals surface area (Å²) in [6, 6.07) is 12.0. The number of hydrogen-bond acceptors (Lipinski definition) is 2. The van der Waals surface area contributed by atoms with Gasteiger partial charge in [-0.15, -0.1) is 0 Å². The molecule has 0 spiro atoms. The minimum Gasteiger partial charge on any atom is -0.507 e. The Labute approximate surface area is 112 Å². The van der Waals surface area contributed by atoms with Crippen LogP contribution in [0.4, 0.5) is 10.1 Å². The highest BCUT2D eigenvalue weighted by atomic mass is 19.1. The second-order valence-electron chi connectivity index (χ2n) is 4.68. The molecule has 2 nitrogen and oxygen atoms in total. The van der Waals surface area contributed by atoms with Crippen LogP contribution in [0.2, 0.25) is 0 Å². The third-order valence-corrected chi connectivity index (χ3v) is 2.86. The van der Waals surface area contributed by atoms with E-state index in [1.165, 1.54) is 18.3 Å². The topological polar surface area (TPSA) is 32.6 Å². The zero-order valence-electron chi connectivity index (χ0n) is 11.0. The lowest BCUT2D eigenvalue weighted by molar-refractivity contribution is 0.461. The average Bonchev–Trinajstić information content (AvgIpc) is 2.40. The Balaban J connectivity index is 2.38. The number of para-hydroxylation sites is 1. The Morgan fingerprint density at radius 2 is 1.84 bits per heavy atom. The van der Waals surface area contributed by atoms with Gasteiger partial charge in [0, 0.05) is 11.8 Å². The van der Waals surface area contributed by atoms with Gasteiger partial charge in [-0.1, -0.05) is 32.0 Å². The number of hydrogen-bond donors (Lipinski definition) is 1. The standard InChI is InChI=1S/C16H16FNO/c1-11(2)15-9-13(17)8-12(16(15)19)10-18-14-6-4-3-5-7-14/h3-11,19H,1-2H3. The molecule has 0 aromatic heterocycles. The van der Waals surface area contributed by atoms with Gasteiger partial charge in [0.15, 0.2) is 0 Å². The maximum Gasteiger partial charge on any atom is 0.128 e. The molecule has 2 rings (SSSR count). The molecule has 0 fully saturated rings. The predicted molar refractivity (Wildman–Crippen MR) is 75.8 cm³/mol. The van der Waals surface area contributed by atoms with Gasteiger partial charge in [-0.25, -0.2) is 4.39 Å². The molecule has 0 aliphatic rings. The van der Waals surface area contributed by atoms with Crippen molar-refractivity contribution < 1.29 is 9.50 Å². The molecule has 0 aliphatic carbocycles. The molecule has 0 saturated carbocycles. The Bertz CT molecular complexity index is 591. The number of rotatable bonds is 3. The Hall–Kier alpha value is -2.16. The fourth-order valence-electron chi connectivity index (χ4n) is 1.84. The van der Waals surface area contributed by atoms with Gasteiger partial charge in [-0.2, -0.15) is 0 Å². The monoisotopic (exact) mass is 257 g/mol. The van der Waals surface area contributed by atoms with Crippen LogP contribution in [0.1, 0.15) is 30.9 Å². The van der Waals surface area contributed by atoms with Gasteiger partial charge in [0.05, 0.1) is 5.69 Å². The molecule has 1 N–H and O–H groups in total. The van der Waals surface area contributed by atoms with Gasteiger partial charge in [0.1, 0.15) is 11.6 Å². The highest BCUT2D eigenvalue weighted by molar-refractivity contribution is 5.86. The summed E-state index contributed by atoms with van der Waals surface area (Å²) in [6.45, 7) is 3.82. The van der Waals surface area contributed by atoms with Crippen molar-refractivity contribution in [2.24, 2.45) is 4.99 Å². The molecule has 0 heterocycles. The first kappa shape index (κ1) is 13.3. The lowest BCUT2D eigenvalue weighted by Crippen LogP contribution is -1.94. The van der Waals surface area contributed by atoms with E-state index in [9.17, 15) is 9.50 Å². The number of phenols is 1. The van der Waals surface area contributed by atoms with Crippen LogP contribution in [0, 0.1) is 5.82 Å².